The molecule has 2 rings (SSSR count). The second kappa shape index (κ2) is 8.54. The van der Waals surface area contributed by atoms with E-state index in [1.54, 1.807) is 18.4 Å². The molecule has 0 radical (unpaired) electrons. The Morgan fingerprint density at radius 1 is 1.30 bits per heavy atom. The van der Waals surface area contributed by atoms with E-state index >= 15 is 0 Å². The van der Waals surface area contributed by atoms with Gasteiger partial charge in [-0.2, -0.15) is 0 Å². The lowest BCUT2D eigenvalue weighted by molar-refractivity contribution is -0.384. The average molecular weight is 319 g/mol. The normalized spacial score (nSPS) is 10.3. The van der Waals surface area contributed by atoms with Crippen molar-refractivity contribution in [3.8, 4) is 0 Å². The summed E-state index contributed by atoms with van der Waals surface area (Å²) in [6.07, 6.45) is 2.22. The van der Waals surface area contributed by atoms with Crippen LogP contribution in [0.1, 0.15) is 12.2 Å². The van der Waals surface area contributed by atoms with Crippen LogP contribution in [0.15, 0.2) is 47.1 Å². The van der Waals surface area contributed by atoms with Crippen LogP contribution in [0.3, 0.4) is 0 Å². The molecule has 122 valence electrons. The Morgan fingerprint density at radius 2 is 2.17 bits per heavy atom. The zero-order chi connectivity index (χ0) is 16.5. The molecule has 2 N–H and O–H groups in total. The molecule has 0 fully saturated rings. The van der Waals surface area contributed by atoms with Crippen molar-refractivity contribution in [2.24, 2.45) is 0 Å². The van der Waals surface area contributed by atoms with Crippen molar-refractivity contribution >= 4 is 17.4 Å². The molecule has 0 spiro atoms. The van der Waals surface area contributed by atoms with Gasteiger partial charge < -0.3 is 19.8 Å². The van der Waals surface area contributed by atoms with Gasteiger partial charge in [0.1, 0.15) is 12.4 Å². The van der Waals surface area contributed by atoms with Crippen molar-refractivity contribution < 1.29 is 18.9 Å². The number of non-ortho nitro benzene ring substituents is 1. The highest BCUT2D eigenvalue weighted by atomic mass is 16.6. The molecule has 8 heteroatoms. The smallest absolute Gasteiger partial charge is 0.319 e. The number of urea groups is 1. The van der Waals surface area contributed by atoms with Gasteiger partial charge >= 0.3 is 6.03 Å². The standard InChI is InChI=1S/C15H17N3O5/c19-15(17-12-4-1-5-13(10-12)18(20)21)16-7-3-8-22-11-14-6-2-9-23-14/h1-2,4-6,9-10H,3,7-8,11H2,(H2,16,17,19). The van der Waals surface area contributed by atoms with Gasteiger partial charge in [-0.1, -0.05) is 6.07 Å². The van der Waals surface area contributed by atoms with E-state index in [4.69, 9.17) is 9.15 Å². The van der Waals surface area contributed by atoms with E-state index in [0.717, 1.165) is 5.76 Å². The molecule has 0 aliphatic heterocycles. The predicted octanol–water partition coefficient (Wildman–Crippen LogP) is 2.92. The number of hydrogen-bond donors (Lipinski definition) is 2. The fourth-order valence-corrected chi connectivity index (χ4v) is 1.82. The molecule has 0 atom stereocenters. The maximum Gasteiger partial charge on any atom is 0.319 e. The Morgan fingerprint density at radius 3 is 2.91 bits per heavy atom. The average Bonchev–Trinajstić information content (AvgIpc) is 3.04. The van der Waals surface area contributed by atoms with Crippen LogP contribution in [-0.4, -0.2) is 24.1 Å². The Labute approximate surface area is 132 Å². The largest absolute Gasteiger partial charge is 0.467 e. The van der Waals surface area contributed by atoms with Crippen LogP contribution in [0.5, 0.6) is 0 Å². The quantitative estimate of drug-likeness (QED) is 0.442. The van der Waals surface area contributed by atoms with E-state index in [0.29, 0.717) is 31.9 Å². The number of carbonyl (C=O) groups excluding carboxylic acids is 1. The number of nitrogens with one attached hydrogen (secondary N) is 2. The highest BCUT2D eigenvalue weighted by molar-refractivity contribution is 5.89. The van der Waals surface area contributed by atoms with Crippen molar-refractivity contribution in [3.63, 3.8) is 0 Å². The molecule has 0 saturated heterocycles. The van der Waals surface area contributed by atoms with Gasteiger partial charge in [-0.15, -0.1) is 0 Å². The van der Waals surface area contributed by atoms with Crippen LogP contribution < -0.4 is 10.6 Å². The fraction of sp³-hybridized carbons (Fsp3) is 0.267. The summed E-state index contributed by atoms with van der Waals surface area (Å²) in [6.45, 7) is 1.31. The molecular formula is C15H17N3O5. The molecule has 0 unspecified atom stereocenters. The van der Waals surface area contributed by atoms with E-state index in [1.165, 1.54) is 18.2 Å². The Balaban J connectivity index is 1.61. The molecule has 0 aliphatic rings. The van der Waals surface area contributed by atoms with Crippen LogP contribution in [0.25, 0.3) is 0 Å². The number of rotatable bonds is 8. The molecule has 23 heavy (non-hydrogen) atoms. The van der Waals surface area contributed by atoms with Gasteiger partial charge in [0.2, 0.25) is 0 Å². The highest BCUT2D eigenvalue weighted by Crippen LogP contribution is 2.16. The van der Waals surface area contributed by atoms with Crippen LogP contribution >= 0.6 is 0 Å². The molecule has 8 nitrogen and oxygen atoms in total. The van der Waals surface area contributed by atoms with Crippen LogP contribution in [0.4, 0.5) is 16.2 Å². The molecule has 1 heterocycles. The first-order valence-corrected chi connectivity index (χ1v) is 7.04. The molecule has 1 aromatic carbocycles. The van der Waals surface area contributed by atoms with E-state index in [9.17, 15) is 14.9 Å². The summed E-state index contributed by atoms with van der Waals surface area (Å²) >= 11 is 0. The first-order valence-electron chi connectivity index (χ1n) is 7.04. The topological polar surface area (TPSA) is 107 Å². The SMILES string of the molecule is O=C(NCCCOCc1ccco1)Nc1cccc([N+](=O)[O-])c1. The van der Waals surface area contributed by atoms with E-state index in [2.05, 4.69) is 10.6 Å². The third kappa shape index (κ3) is 5.79. The summed E-state index contributed by atoms with van der Waals surface area (Å²) < 4.78 is 10.5. The van der Waals surface area contributed by atoms with E-state index in [-0.39, 0.29) is 5.69 Å². The van der Waals surface area contributed by atoms with Crippen molar-refractivity contribution in [1.82, 2.24) is 5.32 Å². The van der Waals surface area contributed by atoms with Gasteiger partial charge in [0.25, 0.3) is 5.69 Å². The molecule has 0 bridgehead atoms. The molecule has 1 aromatic heterocycles. The second-order valence-electron chi connectivity index (χ2n) is 4.67. The maximum atomic E-state index is 11.7. The molecular weight excluding hydrogens is 302 g/mol. The molecule has 0 aliphatic carbocycles. The minimum Gasteiger partial charge on any atom is -0.467 e. The second-order valence-corrected chi connectivity index (χ2v) is 4.67. The Bertz CT molecular complexity index is 642. The molecule has 2 aromatic rings. The number of furan rings is 1. The number of hydrogen-bond acceptors (Lipinski definition) is 5. The zero-order valence-electron chi connectivity index (χ0n) is 12.4. The van der Waals surface area contributed by atoms with E-state index in [1.807, 2.05) is 6.07 Å². The third-order valence-electron chi connectivity index (χ3n) is 2.89. The van der Waals surface area contributed by atoms with Gasteiger partial charge in [0.15, 0.2) is 0 Å². The summed E-state index contributed by atoms with van der Waals surface area (Å²) in [5, 5.41) is 15.8. The summed E-state index contributed by atoms with van der Waals surface area (Å²) in [4.78, 5) is 21.8. The highest BCUT2D eigenvalue weighted by Gasteiger charge is 2.07. The van der Waals surface area contributed by atoms with Crippen molar-refractivity contribution in [2.45, 2.75) is 13.0 Å². The summed E-state index contributed by atoms with van der Waals surface area (Å²) in [7, 11) is 0. The predicted molar refractivity (Wildman–Crippen MR) is 83.1 cm³/mol. The van der Waals surface area contributed by atoms with Gasteiger partial charge in [0.05, 0.1) is 11.2 Å². The van der Waals surface area contributed by atoms with Crippen molar-refractivity contribution in [3.05, 3.63) is 58.5 Å². The van der Waals surface area contributed by atoms with Gasteiger partial charge in [-0.3, -0.25) is 10.1 Å². The third-order valence-corrected chi connectivity index (χ3v) is 2.89. The zero-order valence-corrected chi connectivity index (χ0v) is 12.4. The maximum absolute atomic E-state index is 11.7. The number of anilines is 1. The van der Waals surface area contributed by atoms with Crippen molar-refractivity contribution in [2.75, 3.05) is 18.5 Å². The van der Waals surface area contributed by atoms with Crippen LogP contribution in [0.2, 0.25) is 0 Å². The lowest BCUT2D eigenvalue weighted by Gasteiger charge is -2.07. The summed E-state index contributed by atoms with van der Waals surface area (Å²) in [5.41, 5.74) is 0.292. The Kier molecular flexibility index (Phi) is 6.13. The number of ether oxygens (including phenoxy) is 1. The number of benzene rings is 1. The van der Waals surface area contributed by atoms with Gasteiger partial charge in [-0.05, 0) is 24.6 Å². The minimum absolute atomic E-state index is 0.0749. The number of nitro groups is 1. The van der Waals surface area contributed by atoms with Crippen LogP contribution in [-0.2, 0) is 11.3 Å². The number of nitrogens with zero attached hydrogens (tertiary/aromatic N) is 1. The van der Waals surface area contributed by atoms with Gasteiger partial charge in [-0.25, -0.2) is 4.79 Å². The lowest BCUT2D eigenvalue weighted by atomic mass is 10.3. The van der Waals surface area contributed by atoms with Crippen molar-refractivity contribution in [1.29, 1.82) is 0 Å². The first-order chi connectivity index (χ1) is 11.1. The molecule has 0 saturated carbocycles. The number of nitro benzene ring substituents is 1. The lowest BCUT2D eigenvalue weighted by Crippen LogP contribution is -2.30. The monoisotopic (exact) mass is 319 g/mol. The van der Waals surface area contributed by atoms with E-state index < -0.39 is 11.0 Å². The summed E-state index contributed by atoms with van der Waals surface area (Å²) in [6, 6.07) is 8.95. The minimum atomic E-state index is -0.514. The first kappa shape index (κ1) is 16.5. The van der Waals surface area contributed by atoms with Gasteiger partial charge in [0, 0.05) is 31.0 Å². The number of amides is 2. The number of carbonyl (C=O) groups is 1. The van der Waals surface area contributed by atoms with Crippen LogP contribution in [0, 0.1) is 10.1 Å². The molecule has 2 amide bonds. The fourth-order valence-electron chi connectivity index (χ4n) is 1.82. The summed E-state index contributed by atoms with van der Waals surface area (Å²) in [5.74, 6) is 0.751. The Hall–Kier alpha value is -2.87.